The summed E-state index contributed by atoms with van der Waals surface area (Å²) in [6, 6.07) is -0.812. The monoisotopic (exact) mass is 968 g/mol. The van der Waals surface area contributed by atoms with Crippen LogP contribution in [0.25, 0.3) is 0 Å². The molecule has 1 aliphatic heterocycles. The number of allylic oxidation sites excluding steroid dienone is 13. The summed E-state index contributed by atoms with van der Waals surface area (Å²) in [7, 11) is 0. The van der Waals surface area contributed by atoms with Crippen molar-refractivity contribution in [1.82, 2.24) is 5.32 Å². The lowest BCUT2D eigenvalue weighted by atomic mass is 9.99. The first-order valence-corrected chi connectivity index (χ1v) is 28.3. The number of aliphatic hydroxyl groups excluding tert-OH is 5. The molecule has 1 heterocycles. The van der Waals surface area contributed by atoms with E-state index in [0.29, 0.717) is 6.42 Å². The van der Waals surface area contributed by atoms with Gasteiger partial charge in [0.15, 0.2) is 6.29 Å². The van der Waals surface area contributed by atoms with Crippen molar-refractivity contribution in [3.63, 3.8) is 0 Å². The van der Waals surface area contributed by atoms with Crippen molar-refractivity contribution in [3.05, 3.63) is 85.1 Å². The van der Waals surface area contributed by atoms with Gasteiger partial charge in [-0.3, -0.25) is 4.79 Å². The zero-order chi connectivity index (χ0) is 50.1. The molecule has 1 aliphatic rings. The molecule has 0 bridgehead atoms. The SMILES string of the molecule is CC/C=C\C/C=C\C/C=C\C/C=C\C/C=C\C/C=C\CCCCCCCCCCCCC(=O)NC(COC1OC(CO)C(O)C(O)C1O)C(O)/C=C/CCCCCCCCCCCCCCCCC. The molecule has 6 N–H and O–H groups in total. The molecule has 69 heavy (non-hydrogen) atoms. The van der Waals surface area contributed by atoms with E-state index in [9.17, 15) is 30.3 Å². The Labute approximate surface area is 422 Å². The number of unbranched alkanes of at least 4 members (excludes halogenated alkanes) is 25. The average molecular weight is 968 g/mol. The van der Waals surface area contributed by atoms with Gasteiger partial charge < -0.3 is 40.3 Å². The fraction of sp³-hybridized carbons (Fsp3) is 0.750. The third-order valence-electron chi connectivity index (χ3n) is 13.0. The summed E-state index contributed by atoms with van der Waals surface area (Å²) in [5.41, 5.74) is 0. The molecule has 0 aromatic heterocycles. The van der Waals surface area contributed by atoms with Crippen LogP contribution in [0.4, 0.5) is 0 Å². The smallest absolute Gasteiger partial charge is 0.220 e. The van der Waals surface area contributed by atoms with Gasteiger partial charge in [0.2, 0.25) is 5.91 Å². The molecule has 0 aromatic carbocycles. The highest BCUT2D eigenvalue weighted by Crippen LogP contribution is 2.23. The van der Waals surface area contributed by atoms with E-state index in [4.69, 9.17) is 9.47 Å². The van der Waals surface area contributed by atoms with Gasteiger partial charge in [-0.2, -0.15) is 0 Å². The van der Waals surface area contributed by atoms with Crippen LogP contribution in [0.1, 0.15) is 232 Å². The summed E-state index contributed by atoms with van der Waals surface area (Å²) in [6.07, 6.45) is 62.0. The number of carbonyl (C=O) groups is 1. The van der Waals surface area contributed by atoms with Crippen LogP contribution in [-0.4, -0.2) is 87.5 Å². The number of amides is 1. The molecule has 9 nitrogen and oxygen atoms in total. The second-order valence-corrected chi connectivity index (χ2v) is 19.4. The normalized spacial score (nSPS) is 20.1. The summed E-state index contributed by atoms with van der Waals surface area (Å²) in [6.45, 7) is 3.67. The minimum absolute atomic E-state index is 0.184. The van der Waals surface area contributed by atoms with Crippen molar-refractivity contribution < 1.29 is 39.8 Å². The van der Waals surface area contributed by atoms with Gasteiger partial charge in [-0.1, -0.05) is 240 Å². The minimum atomic E-state index is -1.57. The molecule has 398 valence electrons. The maximum Gasteiger partial charge on any atom is 0.220 e. The molecule has 0 saturated carbocycles. The quantitative estimate of drug-likeness (QED) is 0.0261. The van der Waals surface area contributed by atoms with E-state index in [1.54, 1.807) is 6.08 Å². The van der Waals surface area contributed by atoms with Gasteiger partial charge >= 0.3 is 0 Å². The lowest BCUT2D eigenvalue weighted by Crippen LogP contribution is -2.60. The predicted molar refractivity (Wildman–Crippen MR) is 290 cm³/mol. The van der Waals surface area contributed by atoms with Gasteiger partial charge in [-0.25, -0.2) is 0 Å². The van der Waals surface area contributed by atoms with Gasteiger partial charge in [-0.15, -0.1) is 0 Å². The van der Waals surface area contributed by atoms with Gasteiger partial charge in [0.1, 0.15) is 24.4 Å². The van der Waals surface area contributed by atoms with E-state index in [2.05, 4.69) is 92.1 Å². The molecular formula is C60H105NO8. The van der Waals surface area contributed by atoms with Crippen molar-refractivity contribution in [2.24, 2.45) is 0 Å². The second kappa shape index (κ2) is 49.0. The molecule has 9 heteroatoms. The molecule has 0 aromatic rings. The number of aliphatic hydroxyl groups is 5. The van der Waals surface area contributed by atoms with Crippen molar-refractivity contribution in [1.29, 1.82) is 0 Å². The first kappa shape index (κ1) is 64.4. The van der Waals surface area contributed by atoms with E-state index >= 15 is 0 Å². The third kappa shape index (κ3) is 38.7. The van der Waals surface area contributed by atoms with Crippen LogP contribution in [0, 0.1) is 0 Å². The van der Waals surface area contributed by atoms with Crippen LogP contribution >= 0.6 is 0 Å². The number of hydrogen-bond acceptors (Lipinski definition) is 8. The summed E-state index contributed by atoms with van der Waals surface area (Å²) in [4.78, 5) is 13.1. The highest BCUT2D eigenvalue weighted by molar-refractivity contribution is 5.76. The Balaban J connectivity index is 2.23. The molecular weight excluding hydrogens is 863 g/mol. The largest absolute Gasteiger partial charge is 0.394 e. The predicted octanol–water partition coefficient (Wildman–Crippen LogP) is 13.8. The lowest BCUT2D eigenvalue weighted by molar-refractivity contribution is -0.302. The van der Waals surface area contributed by atoms with Crippen molar-refractivity contribution in [2.45, 2.75) is 275 Å². The lowest BCUT2D eigenvalue weighted by Gasteiger charge is -2.40. The van der Waals surface area contributed by atoms with E-state index < -0.39 is 49.5 Å². The number of hydrogen-bond donors (Lipinski definition) is 6. The Morgan fingerprint density at radius 3 is 1.33 bits per heavy atom. The van der Waals surface area contributed by atoms with Crippen LogP contribution in [0.15, 0.2) is 85.1 Å². The van der Waals surface area contributed by atoms with Crippen LogP contribution < -0.4 is 5.32 Å². The molecule has 0 spiro atoms. The summed E-state index contributed by atoms with van der Waals surface area (Å²) >= 11 is 0. The molecule has 0 radical (unpaired) electrons. The molecule has 1 saturated heterocycles. The Bertz CT molecular complexity index is 1350. The summed E-state index contributed by atoms with van der Waals surface area (Å²) in [5.74, 6) is -0.184. The van der Waals surface area contributed by atoms with E-state index in [0.717, 1.165) is 83.5 Å². The van der Waals surface area contributed by atoms with Gasteiger partial charge in [0.05, 0.1) is 25.4 Å². The van der Waals surface area contributed by atoms with Gasteiger partial charge in [-0.05, 0) is 70.6 Å². The number of rotatable bonds is 47. The van der Waals surface area contributed by atoms with E-state index in [1.165, 1.54) is 128 Å². The molecule has 0 aliphatic carbocycles. The Kier molecular flexibility index (Phi) is 45.7. The topological polar surface area (TPSA) is 149 Å². The third-order valence-corrected chi connectivity index (χ3v) is 13.0. The first-order chi connectivity index (χ1) is 33.8. The number of carbonyl (C=O) groups excluding carboxylic acids is 1. The maximum absolute atomic E-state index is 13.1. The van der Waals surface area contributed by atoms with Gasteiger partial charge in [0, 0.05) is 6.42 Å². The molecule has 1 rings (SSSR count). The highest BCUT2D eigenvalue weighted by atomic mass is 16.7. The zero-order valence-corrected chi connectivity index (χ0v) is 44.0. The van der Waals surface area contributed by atoms with Crippen LogP contribution in [-0.2, 0) is 14.3 Å². The number of ether oxygens (including phenoxy) is 2. The second-order valence-electron chi connectivity index (χ2n) is 19.4. The first-order valence-electron chi connectivity index (χ1n) is 28.3. The fourth-order valence-corrected chi connectivity index (χ4v) is 8.51. The van der Waals surface area contributed by atoms with Crippen molar-refractivity contribution in [3.8, 4) is 0 Å². The van der Waals surface area contributed by atoms with Crippen LogP contribution in [0.5, 0.6) is 0 Å². The molecule has 7 unspecified atom stereocenters. The molecule has 1 amide bonds. The summed E-state index contributed by atoms with van der Waals surface area (Å²) < 4.78 is 11.3. The van der Waals surface area contributed by atoms with Crippen molar-refractivity contribution >= 4 is 5.91 Å². The Morgan fingerprint density at radius 2 is 0.899 bits per heavy atom. The zero-order valence-electron chi connectivity index (χ0n) is 44.0. The van der Waals surface area contributed by atoms with E-state index in [1.807, 2.05) is 6.08 Å². The Hall–Kier alpha value is -2.63. The molecule has 1 fully saturated rings. The number of nitrogens with one attached hydrogen (secondary N) is 1. The fourth-order valence-electron chi connectivity index (χ4n) is 8.51. The van der Waals surface area contributed by atoms with Crippen LogP contribution in [0.3, 0.4) is 0 Å². The maximum atomic E-state index is 13.1. The minimum Gasteiger partial charge on any atom is -0.394 e. The van der Waals surface area contributed by atoms with E-state index in [-0.39, 0.29) is 12.5 Å². The average Bonchev–Trinajstić information content (AvgIpc) is 3.35. The van der Waals surface area contributed by atoms with Crippen molar-refractivity contribution in [2.75, 3.05) is 13.2 Å². The molecule has 7 atom stereocenters. The summed E-state index contributed by atoms with van der Waals surface area (Å²) in [5, 5.41) is 54.5. The van der Waals surface area contributed by atoms with Crippen LogP contribution in [0.2, 0.25) is 0 Å². The Morgan fingerprint density at radius 1 is 0.507 bits per heavy atom. The standard InChI is InChI=1S/C60H105NO8/c1-3-5-7-9-11-13-15-17-19-21-22-23-24-25-26-27-28-29-30-31-32-34-36-38-40-42-44-46-48-50-56(64)61-53(52-68-60-59(67)58(66)57(65)55(51-62)69-60)54(63)49-47-45-43-41-39-37-35-33-20-18-16-14-12-10-8-6-4-2/h5,7,11,13,17,19,22-23,25-26,28-29,47,49,53-55,57-60,62-63,65-67H,3-4,6,8-10,12,14-16,18,20-21,24,27,30-46,48,50-52H2,1-2H3,(H,61,64)/b7-5-,13-11-,19-17-,23-22-,26-25-,29-28-,49-47+. The van der Waals surface area contributed by atoms with Gasteiger partial charge in [0.25, 0.3) is 0 Å². The highest BCUT2D eigenvalue weighted by Gasteiger charge is 2.44.